The number of aliphatic hydroxyl groups is 1. The van der Waals surface area contributed by atoms with Crippen molar-refractivity contribution in [3.05, 3.63) is 35.2 Å². The molecular formula is C22H29N5O4. The average Bonchev–Trinajstić information content (AvgIpc) is 2.78. The minimum atomic E-state index is -0.361. The van der Waals surface area contributed by atoms with Crippen LogP contribution in [0, 0.1) is 6.92 Å². The van der Waals surface area contributed by atoms with E-state index in [0.29, 0.717) is 24.7 Å². The van der Waals surface area contributed by atoms with Gasteiger partial charge in [0.2, 0.25) is 17.7 Å². The Morgan fingerprint density at radius 1 is 1.23 bits per heavy atom. The first kappa shape index (κ1) is 21.5. The van der Waals surface area contributed by atoms with Gasteiger partial charge in [0.1, 0.15) is 5.82 Å². The van der Waals surface area contributed by atoms with Crippen LogP contribution in [0.4, 0.5) is 11.8 Å². The normalized spacial score (nSPS) is 23.5. The molecule has 2 aliphatic rings. The molecule has 1 amide bonds. The molecule has 3 heterocycles. The molecule has 166 valence electrons. The van der Waals surface area contributed by atoms with E-state index in [1.807, 2.05) is 17.9 Å². The van der Waals surface area contributed by atoms with Crippen LogP contribution in [0.5, 0.6) is 5.88 Å². The van der Waals surface area contributed by atoms with Crippen molar-refractivity contribution in [1.29, 1.82) is 0 Å². The summed E-state index contributed by atoms with van der Waals surface area (Å²) in [6.45, 7) is 2.27. The van der Waals surface area contributed by atoms with Crippen LogP contribution in [0.1, 0.15) is 48.4 Å². The molecule has 2 aromatic heterocycles. The van der Waals surface area contributed by atoms with E-state index in [9.17, 15) is 4.79 Å². The number of hydrogen-bond acceptors (Lipinski definition) is 8. The van der Waals surface area contributed by atoms with Crippen LogP contribution in [0.2, 0.25) is 0 Å². The summed E-state index contributed by atoms with van der Waals surface area (Å²) in [6, 6.07) is 3.69. The SMILES string of the molecule is COc1ccc(C2Cc3c(C)nc(N)nc3N(C3CCC(OCCO)CC3)C2=O)cn1. The molecule has 0 spiro atoms. The Balaban J connectivity index is 1.65. The molecule has 0 radical (unpaired) electrons. The highest BCUT2D eigenvalue weighted by atomic mass is 16.5. The fourth-order valence-corrected chi connectivity index (χ4v) is 4.63. The lowest BCUT2D eigenvalue weighted by Crippen LogP contribution is -2.49. The summed E-state index contributed by atoms with van der Waals surface area (Å²) in [6.07, 6.45) is 5.60. The third-order valence-electron chi connectivity index (χ3n) is 6.21. The van der Waals surface area contributed by atoms with Gasteiger partial charge in [-0.25, -0.2) is 9.97 Å². The maximum Gasteiger partial charge on any atom is 0.236 e. The van der Waals surface area contributed by atoms with Gasteiger partial charge in [-0.15, -0.1) is 0 Å². The molecule has 0 saturated heterocycles. The van der Waals surface area contributed by atoms with Crippen LogP contribution < -0.4 is 15.4 Å². The van der Waals surface area contributed by atoms with Crippen LogP contribution >= 0.6 is 0 Å². The quantitative estimate of drug-likeness (QED) is 0.715. The van der Waals surface area contributed by atoms with Crippen LogP contribution in [0.3, 0.4) is 0 Å². The number of anilines is 2. The molecule has 1 fully saturated rings. The standard InChI is InChI=1S/C22H29N5O4/c1-13-17-11-18(14-3-8-19(30-2)24-12-14)21(29)27(20(17)26-22(23)25-13)15-4-6-16(7-5-15)31-10-9-28/h3,8,12,15-16,18,28H,4-7,9-11H2,1-2H3,(H2,23,25,26). The first-order chi connectivity index (χ1) is 15.0. The zero-order valence-corrected chi connectivity index (χ0v) is 18.0. The number of aryl methyl sites for hydroxylation is 1. The first-order valence-corrected chi connectivity index (χ1v) is 10.7. The molecule has 4 rings (SSSR count). The number of ether oxygens (including phenoxy) is 2. The van der Waals surface area contributed by atoms with Gasteiger partial charge in [0, 0.05) is 29.6 Å². The van der Waals surface area contributed by atoms with Crippen LogP contribution in [0.25, 0.3) is 0 Å². The third kappa shape index (κ3) is 4.33. The van der Waals surface area contributed by atoms with E-state index in [1.165, 1.54) is 0 Å². The smallest absolute Gasteiger partial charge is 0.236 e. The summed E-state index contributed by atoms with van der Waals surface area (Å²) < 4.78 is 10.9. The maximum atomic E-state index is 13.7. The number of methoxy groups -OCH3 is 1. The predicted octanol–water partition coefficient (Wildman–Crippen LogP) is 1.76. The van der Waals surface area contributed by atoms with Gasteiger partial charge in [-0.2, -0.15) is 4.98 Å². The minimum Gasteiger partial charge on any atom is -0.481 e. The van der Waals surface area contributed by atoms with Crippen LogP contribution in [0.15, 0.2) is 18.3 Å². The number of fused-ring (bicyclic) bond motifs is 1. The van der Waals surface area contributed by atoms with Gasteiger partial charge in [-0.05, 0) is 44.6 Å². The molecule has 1 atom stereocenters. The molecule has 0 aromatic carbocycles. The molecule has 2 aromatic rings. The van der Waals surface area contributed by atoms with Gasteiger partial charge in [0.05, 0.1) is 32.3 Å². The van der Waals surface area contributed by atoms with E-state index in [4.69, 9.17) is 20.3 Å². The predicted molar refractivity (Wildman–Crippen MR) is 115 cm³/mol. The summed E-state index contributed by atoms with van der Waals surface area (Å²) in [5.41, 5.74) is 8.54. The number of nitrogen functional groups attached to an aromatic ring is 1. The van der Waals surface area contributed by atoms with Crippen molar-refractivity contribution in [3.63, 3.8) is 0 Å². The first-order valence-electron chi connectivity index (χ1n) is 10.7. The second kappa shape index (κ2) is 9.15. The van der Waals surface area contributed by atoms with E-state index in [0.717, 1.165) is 42.5 Å². The molecule has 9 nitrogen and oxygen atoms in total. The lowest BCUT2D eigenvalue weighted by Gasteiger charge is -2.41. The Morgan fingerprint density at radius 3 is 2.65 bits per heavy atom. The number of rotatable bonds is 6. The fraction of sp³-hybridized carbons (Fsp3) is 0.545. The minimum absolute atomic E-state index is 0.0108. The van der Waals surface area contributed by atoms with E-state index >= 15 is 0 Å². The number of aromatic nitrogens is 3. The van der Waals surface area contributed by atoms with Gasteiger partial charge in [-0.3, -0.25) is 9.69 Å². The highest BCUT2D eigenvalue weighted by molar-refractivity contribution is 6.01. The maximum absolute atomic E-state index is 13.7. The Morgan fingerprint density at radius 2 is 2.00 bits per heavy atom. The zero-order valence-electron chi connectivity index (χ0n) is 18.0. The van der Waals surface area contributed by atoms with Crippen molar-refractivity contribution in [2.45, 2.75) is 57.1 Å². The van der Waals surface area contributed by atoms with E-state index in [-0.39, 0.29) is 36.5 Å². The summed E-state index contributed by atoms with van der Waals surface area (Å²) >= 11 is 0. The monoisotopic (exact) mass is 427 g/mol. The summed E-state index contributed by atoms with van der Waals surface area (Å²) in [7, 11) is 1.57. The Labute approximate surface area is 181 Å². The molecule has 31 heavy (non-hydrogen) atoms. The van der Waals surface area contributed by atoms with Gasteiger partial charge >= 0.3 is 0 Å². The number of carbonyl (C=O) groups excluding carboxylic acids is 1. The number of amides is 1. The van der Waals surface area contributed by atoms with Crippen molar-refractivity contribution in [1.82, 2.24) is 15.0 Å². The Kier molecular flexibility index (Phi) is 6.33. The second-order valence-electron chi connectivity index (χ2n) is 8.09. The van der Waals surface area contributed by atoms with Crippen molar-refractivity contribution >= 4 is 17.7 Å². The van der Waals surface area contributed by atoms with E-state index < -0.39 is 0 Å². The molecule has 3 N–H and O–H groups in total. The molecule has 9 heteroatoms. The highest BCUT2D eigenvalue weighted by Crippen LogP contribution is 2.40. The average molecular weight is 428 g/mol. The Bertz CT molecular complexity index is 928. The topological polar surface area (TPSA) is 124 Å². The number of nitrogens with two attached hydrogens (primary N) is 1. The lowest BCUT2D eigenvalue weighted by molar-refractivity contribution is -0.121. The van der Waals surface area contributed by atoms with Gasteiger partial charge in [-0.1, -0.05) is 6.07 Å². The number of nitrogens with zero attached hydrogens (tertiary/aromatic N) is 4. The van der Waals surface area contributed by atoms with Crippen molar-refractivity contribution in [2.24, 2.45) is 0 Å². The van der Waals surface area contributed by atoms with Crippen LogP contribution in [-0.2, 0) is 16.0 Å². The second-order valence-corrected chi connectivity index (χ2v) is 8.09. The largest absolute Gasteiger partial charge is 0.481 e. The summed E-state index contributed by atoms with van der Waals surface area (Å²) in [5, 5.41) is 9.00. The van der Waals surface area contributed by atoms with Crippen molar-refractivity contribution in [3.8, 4) is 5.88 Å². The zero-order chi connectivity index (χ0) is 22.0. The van der Waals surface area contributed by atoms with E-state index in [1.54, 1.807) is 19.4 Å². The fourth-order valence-electron chi connectivity index (χ4n) is 4.63. The number of pyridine rings is 1. The molecule has 1 aliphatic carbocycles. The molecular weight excluding hydrogens is 398 g/mol. The van der Waals surface area contributed by atoms with Crippen molar-refractivity contribution < 1.29 is 19.4 Å². The number of carbonyl (C=O) groups is 1. The lowest BCUT2D eigenvalue weighted by atomic mass is 9.84. The molecule has 0 bridgehead atoms. The third-order valence-corrected chi connectivity index (χ3v) is 6.21. The van der Waals surface area contributed by atoms with Crippen molar-refractivity contribution in [2.75, 3.05) is 31.0 Å². The number of aliphatic hydroxyl groups excluding tert-OH is 1. The van der Waals surface area contributed by atoms with E-state index in [2.05, 4.69) is 15.0 Å². The summed E-state index contributed by atoms with van der Waals surface area (Å²) in [5.74, 6) is 0.973. The van der Waals surface area contributed by atoms with Gasteiger partial charge in [0.15, 0.2) is 0 Å². The Hall–Kier alpha value is -2.78. The highest BCUT2D eigenvalue weighted by Gasteiger charge is 2.41. The molecule has 1 aliphatic heterocycles. The van der Waals surface area contributed by atoms with Gasteiger partial charge in [0.25, 0.3) is 0 Å². The number of hydrogen-bond donors (Lipinski definition) is 2. The molecule has 1 unspecified atom stereocenters. The van der Waals surface area contributed by atoms with Crippen LogP contribution in [-0.4, -0.2) is 58.4 Å². The summed E-state index contributed by atoms with van der Waals surface area (Å²) in [4.78, 5) is 28.7. The van der Waals surface area contributed by atoms with Gasteiger partial charge < -0.3 is 20.3 Å². The molecule has 1 saturated carbocycles.